The number of oxime groups is 1. The van der Waals surface area contributed by atoms with Crippen LogP contribution < -0.4 is 5.73 Å². The molecule has 0 saturated heterocycles. The molecule has 7 heteroatoms. The lowest BCUT2D eigenvalue weighted by atomic mass is 10.3. The second kappa shape index (κ2) is 5.45. The summed E-state index contributed by atoms with van der Waals surface area (Å²) in [4.78, 5) is 6.10. The van der Waals surface area contributed by atoms with Gasteiger partial charge in [-0.1, -0.05) is 5.16 Å². The number of rotatable bonds is 5. The molecule has 0 radical (unpaired) electrons. The van der Waals surface area contributed by atoms with Crippen molar-refractivity contribution in [3.05, 3.63) is 12.2 Å². The van der Waals surface area contributed by atoms with Gasteiger partial charge in [-0.3, -0.25) is 4.90 Å². The van der Waals surface area contributed by atoms with Gasteiger partial charge >= 0.3 is 0 Å². The zero-order chi connectivity index (χ0) is 12.1. The highest BCUT2D eigenvalue weighted by Gasteiger charge is 2.16. The Labute approximate surface area is 94.6 Å². The molecule has 0 fully saturated rings. The first-order valence-corrected chi connectivity index (χ1v) is 5.14. The van der Waals surface area contributed by atoms with Crippen LogP contribution in [0, 0.1) is 0 Å². The standard InChI is InChI=1S/C9H18N6O/c1-4-15-8(11-6-12-15)5-14(3)7(2)9(10)13-16/h6-7,16H,4-5H2,1-3H3,(H2,10,13). The number of likely N-dealkylation sites (N-methyl/N-ethyl adjacent to an activating group) is 1. The third kappa shape index (κ3) is 2.69. The summed E-state index contributed by atoms with van der Waals surface area (Å²) < 4.78 is 1.81. The van der Waals surface area contributed by atoms with E-state index < -0.39 is 0 Å². The molecule has 0 aromatic carbocycles. The molecular weight excluding hydrogens is 208 g/mol. The van der Waals surface area contributed by atoms with Crippen molar-refractivity contribution < 1.29 is 5.21 Å². The summed E-state index contributed by atoms with van der Waals surface area (Å²) in [7, 11) is 1.89. The Kier molecular flexibility index (Phi) is 4.24. The molecule has 1 aromatic rings. The molecule has 90 valence electrons. The number of nitrogens with two attached hydrogens (primary N) is 1. The molecular formula is C9H18N6O. The monoisotopic (exact) mass is 226 g/mol. The molecule has 1 rings (SSSR count). The molecule has 3 N–H and O–H groups in total. The van der Waals surface area contributed by atoms with Crippen LogP contribution in [0.3, 0.4) is 0 Å². The van der Waals surface area contributed by atoms with E-state index in [0.717, 1.165) is 12.4 Å². The van der Waals surface area contributed by atoms with Crippen LogP contribution in [0.25, 0.3) is 0 Å². The molecule has 0 spiro atoms. The fraction of sp³-hybridized carbons (Fsp3) is 0.667. The van der Waals surface area contributed by atoms with Crippen LogP contribution in [0.4, 0.5) is 0 Å². The average molecular weight is 226 g/mol. The van der Waals surface area contributed by atoms with E-state index in [1.54, 1.807) is 0 Å². The Morgan fingerprint density at radius 1 is 1.75 bits per heavy atom. The molecule has 1 aromatic heterocycles. The number of hydrogen-bond acceptors (Lipinski definition) is 5. The van der Waals surface area contributed by atoms with Crippen LogP contribution in [-0.4, -0.2) is 43.8 Å². The Balaban J connectivity index is 2.67. The second-order valence-electron chi connectivity index (χ2n) is 3.61. The van der Waals surface area contributed by atoms with Crippen LogP contribution >= 0.6 is 0 Å². The van der Waals surface area contributed by atoms with Gasteiger partial charge in [0.1, 0.15) is 12.2 Å². The zero-order valence-electron chi connectivity index (χ0n) is 9.83. The number of nitrogens with zero attached hydrogens (tertiary/aromatic N) is 5. The van der Waals surface area contributed by atoms with Gasteiger partial charge < -0.3 is 10.9 Å². The van der Waals surface area contributed by atoms with Gasteiger partial charge in [0.05, 0.1) is 12.6 Å². The minimum Gasteiger partial charge on any atom is -0.409 e. The van der Waals surface area contributed by atoms with Crippen LogP contribution in [0.2, 0.25) is 0 Å². The largest absolute Gasteiger partial charge is 0.409 e. The van der Waals surface area contributed by atoms with Crippen molar-refractivity contribution in [2.45, 2.75) is 33.0 Å². The lowest BCUT2D eigenvalue weighted by Gasteiger charge is -2.22. The van der Waals surface area contributed by atoms with Crippen molar-refractivity contribution in [3.63, 3.8) is 0 Å². The van der Waals surface area contributed by atoms with Crippen molar-refractivity contribution in [2.24, 2.45) is 10.9 Å². The molecule has 1 unspecified atom stereocenters. The SMILES string of the molecule is CCn1ncnc1CN(C)C(C)C(N)=NO. The molecule has 1 heterocycles. The van der Waals surface area contributed by atoms with Gasteiger partial charge in [0.2, 0.25) is 0 Å². The van der Waals surface area contributed by atoms with Crippen LogP contribution in [0.5, 0.6) is 0 Å². The van der Waals surface area contributed by atoms with Gasteiger partial charge in [-0.05, 0) is 20.9 Å². The van der Waals surface area contributed by atoms with E-state index in [-0.39, 0.29) is 11.9 Å². The van der Waals surface area contributed by atoms with Crippen molar-refractivity contribution in [1.82, 2.24) is 19.7 Å². The van der Waals surface area contributed by atoms with Gasteiger partial charge in [-0.15, -0.1) is 0 Å². The molecule has 0 aliphatic carbocycles. The van der Waals surface area contributed by atoms with Crippen LogP contribution in [-0.2, 0) is 13.1 Å². The third-order valence-electron chi connectivity index (χ3n) is 2.59. The molecule has 0 saturated carbocycles. The Morgan fingerprint density at radius 2 is 2.44 bits per heavy atom. The number of amidine groups is 1. The summed E-state index contributed by atoms with van der Waals surface area (Å²) in [6.45, 7) is 5.25. The first-order chi connectivity index (χ1) is 7.60. The molecule has 0 aliphatic heterocycles. The van der Waals surface area contributed by atoms with Gasteiger partial charge in [0, 0.05) is 6.54 Å². The van der Waals surface area contributed by atoms with Crippen molar-refractivity contribution in [1.29, 1.82) is 0 Å². The predicted octanol–water partition coefficient (Wildman–Crippen LogP) is -0.135. The van der Waals surface area contributed by atoms with E-state index in [1.165, 1.54) is 6.33 Å². The predicted molar refractivity (Wildman–Crippen MR) is 60.0 cm³/mol. The Hall–Kier alpha value is -1.63. The van der Waals surface area contributed by atoms with E-state index in [1.807, 2.05) is 30.5 Å². The number of aromatic nitrogens is 3. The van der Waals surface area contributed by atoms with Crippen molar-refractivity contribution >= 4 is 5.84 Å². The molecule has 16 heavy (non-hydrogen) atoms. The molecule has 1 atom stereocenters. The van der Waals surface area contributed by atoms with E-state index >= 15 is 0 Å². The molecule has 0 aliphatic rings. The Bertz CT molecular complexity index is 361. The zero-order valence-corrected chi connectivity index (χ0v) is 9.83. The van der Waals surface area contributed by atoms with E-state index in [9.17, 15) is 0 Å². The van der Waals surface area contributed by atoms with Gasteiger partial charge in [-0.2, -0.15) is 5.10 Å². The summed E-state index contributed by atoms with van der Waals surface area (Å²) in [6, 6.07) is -0.146. The number of hydrogen-bond donors (Lipinski definition) is 2. The summed E-state index contributed by atoms with van der Waals surface area (Å²) in [5, 5.41) is 15.7. The molecule has 0 amide bonds. The average Bonchev–Trinajstić information content (AvgIpc) is 2.74. The first-order valence-electron chi connectivity index (χ1n) is 5.14. The van der Waals surface area contributed by atoms with Gasteiger partial charge in [0.15, 0.2) is 5.84 Å². The summed E-state index contributed by atoms with van der Waals surface area (Å²) in [5.74, 6) is 1.05. The fourth-order valence-electron chi connectivity index (χ4n) is 1.34. The highest BCUT2D eigenvalue weighted by molar-refractivity contribution is 5.84. The van der Waals surface area contributed by atoms with Crippen molar-refractivity contribution in [2.75, 3.05) is 7.05 Å². The lowest BCUT2D eigenvalue weighted by molar-refractivity contribution is 0.270. The van der Waals surface area contributed by atoms with Gasteiger partial charge in [-0.25, -0.2) is 9.67 Å². The van der Waals surface area contributed by atoms with Gasteiger partial charge in [0.25, 0.3) is 0 Å². The maximum atomic E-state index is 8.58. The number of aryl methyl sites for hydroxylation is 1. The summed E-state index contributed by atoms with van der Waals surface area (Å²) in [6.07, 6.45) is 1.53. The topological polar surface area (TPSA) is 92.6 Å². The maximum Gasteiger partial charge on any atom is 0.156 e. The molecule has 0 bridgehead atoms. The highest BCUT2D eigenvalue weighted by Crippen LogP contribution is 2.03. The molecule has 7 nitrogen and oxygen atoms in total. The van der Waals surface area contributed by atoms with E-state index in [2.05, 4.69) is 15.2 Å². The highest BCUT2D eigenvalue weighted by atomic mass is 16.4. The second-order valence-corrected chi connectivity index (χ2v) is 3.61. The maximum absolute atomic E-state index is 8.58. The Morgan fingerprint density at radius 3 is 3.00 bits per heavy atom. The first kappa shape index (κ1) is 12.4. The van der Waals surface area contributed by atoms with Crippen LogP contribution in [0.1, 0.15) is 19.7 Å². The van der Waals surface area contributed by atoms with E-state index in [0.29, 0.717) is 6.54 Å². The van der Waals surface area contributed by atoms with Crippen LogP contribution in [0.15, 0.2) is 11.5 Å². The van der Waals surface area contributed by atoms with Crippen molar-refractivity contribution in [3.8, 4) is 0 Å². The normalized spacial score (nSPS) is 14.4. The minimum atomic E-state index is -0.146. The summed E-state index contributed by atoms with van der Waals surface area (Å²) >= 11 is 0. The quantitative estimate of drug-likeness (QED) is 0.315. The fourth-order valence-corrected chi connectivity index (χ4v) is 1.34. The lowest BCUT2D eigenvalue weighted by Crippen LogP contribution is -2.40. The smallest absolute Gasteiger partial charge is 0.156 e. The van der Waals surface area contributed by atoms with E-state index in [4.69, 9.17) is 10.9 Å². The third-order valence-corrected chi connectivity index (χ3v) is 2.59. The summed E-state index contributed by atoms with van der Waals surface area (Å²) in [5.41, 5.74) is 5.53. The minimum absolute atomic E-state index is 0.146.